The van der Waals surface area contributed by atoms with Crippen LogP contribution >= 0.6 is 15.9 Å². The van der Waals surface area contributed by atoms with Crippen molar-refractivity contribution in [2.75, 3.05) is 13.7 Å². The summed E-state index contributed by atoms with van der Waals surface area (Å²) in [5.74, 6) is -3.04. The van der Waals surface area contributed by atoms with Gasteiger partial charge in [0.15, 0.2) is 17.3 Å². The molecule has 0 aliphatic rings. The highest BCUT2D eigenvalue weighted by Crippen LogP contribution is 2.31. The second kappa shape index (κ2) is 5.36. The number of hydrogen-bond donors (Lipinski definition) is 1. The van der Waals surface area contributed by atoms with Crippen LogP contribution in [0.1, 0.15) is 16.8 Å². The third-order valence-electron chi connectivity index (χ3n) is 1.99. The SMILES string of the molecule is COc1c(C(=O)CCN)cc(Br)c(F)c1F. The Kier molecular flexibility index (Phi) is 4.37. The summed E-state index contributed by atoms with van der Waals surface area (Å²) in [5, 5.41) is 0. The summed E-state index contributed by atoms with van der Waals surface area (Å²) in [7, 11) is 1.17. The highest BCUT2D eigenvalue weighted by Gasteiger charge is 2.21. The molecule has 1 aromatic rings. The van der Waals surface area contributed by atoms with Crippen molar-refractivity contribution < 1.29 is 18.3 Å². The van der Waals surface area contributed by atoms with Gasteiger partial charge in [0.25, 0.3) is 0 Å². The summed E-state index contributed by atoms with van der Waals surface area (Å²) in [6.45, 7) is 0.138. The van der Waals surface area contributed by atoms with E-state index >= 15 is 0 Å². The Morgan fingerprint density at radius 1 is 1.50 bits per heavy atom. The van der Waals surface area contributed by atoms with Crippen molar-refractivity contribution in [3.8, 4) is 5.75 Å². The number of Topliss-reactive ketones (excluding diaryl/α,β-unsaturated/α-hetero) is 1. The quantitative estimate of drug-likeness (QED) is 0.684. The predicted molar refractivity (Wildman–Crippen MR) is 58.6 cm³/mol. The van der Waals surface area contributed by atoms with Crippen molar-refractivity contribution in [3.63, 3.8) is 0 Å². The highest BCUT2D eigenvalue weighted by atomic mass is 79.9. The number of halogens is 3. The number of rotatable bonds is 4. The summed E-state index contributed by atoms with van der Waals surface area (Å²) in [4.78, 5) is 11.6. The molecule has 0 unspecified atom stereocenters. The standard InChI is InChI=1S/C10H10BrF2NO2/c1-16-10-5(7(15)2-3-14)4-6(11)8(12)9(10)13/h4H,2-3,14H2,1H3. The number of methoxy groups -OCH3 is 1. The van der Waals surface area contributed by atoms with Crippen LogP contribution in [0, 0.1) is 11.6 Å². The largest absolute Gasteiger partial charge is 0.493 e. The molecule has 1 rings (SSSR count). The van der Waals surface area contributed by atoms with E-state index in [1.165, 1.54) is 13.2 Å². The molecule has 0 atom stereocenters. The van der Waals surface area contributed by atoms with Crippen LogP contribution in [0.2, 0.25) is 0 Å². The summed E-state index contributed by atoms with van der Waals surface area (Å²) >= 11 is 2.83. The molecule has 0 heterocycles. The number of carbonyl (C=O) groups excluding carboxylic acids is 1. The lowest BCUT2D eigenvalue weighted by atomic mass is 10.1. The van der Waals surface area contributed by atoms with Crippen molar-refractivity contribution >= 4 is 21.7 Å². The van der Waals surface area contributed by atoms with Crippen LogP contribution < -0.4 is 10.5 Å². The minimum absolute atomic E-state index is 0.0151. The van der Waals surface area contributed by atoms with Crippen molar-refractivity contribution in [1.82, 2.24) is 0 Å². The molecule has 0 saturated heterocycles. The van der Waals surface area contributed by atoms with Gasteiger partial charge < -0.3 is 10.5 Å². The second-order valence-electron chi connectivity index (χ2n) is 3.03. The van der Waals surface area contributed by atoms with Crippen LogP contribution in [0.15, 0.2) is 10.5 Å². The maximum atomic E-state index is 13.4. The fourth-order valence-corrected chi connectivity index (χ4v) is 1.65. The fourth-order valence-electron chi connectivity index (χ4n) is 1.25. The Labute approximate surface area is 99.7 Å². The maximum Gasteiger partial charge on any atom is 0.202 e. The van der Waals surface area contributed by atoms with Crippen molar-refractivity contribution in [3.05, 3.63) is 27.7 Å². The van der Waals surface area contributed by atoms with Gasteiger partial charge in [-0.2, -0.15) is 4.39 Å². The predicted octanol–water partition coefficient (Wildman–Crippen LogP) is 2.27. The Morgan fingerprint density at radius 3 is 2.62 bits per heavy atom. The first kappa shape index (κ1) is 13.1. The lowest BCUT2D eigenvalue weighted by molar-refractivity contribution is 0.0981. The topological polar surface area (TPSA) is 52.3 Å². The number of nitrogens with two attached hydrogens (primary N) is 1. The number of hydrogen-bond acceptors (Lipinski definition) is 3. The van der Waals surface area contributed by atoms with E-state index in [1.807, 2.05) is 0 Å². The molecule has 0 aliphatic heterocycles. The van der Waals surface area contributed by atoms with Crippen molar-refractivity contribution in [2.24, 2.45) is 5.73 Å². The van der Waals surface area contributed by atoms with Crippen LogP contribution in [0.3, 0.4) is 0 Å². The zero-order valence-corrected chi connectivity index (χ0v) is 10.1. The summed E-state index contributed by atoms with van der Waals surface area (Å²) in [6, 6.07) is 1.19. The van der Waals surface area contributed by atoms with Gasteiger partial charge in [-0.25, -0.2) is 4.39 Å². The van der Waals surface area contributed by atoms with E-state index in [1.54, 1.807) is 0 Å². The second-order valence-corrected chi connectivity index (χ2v) is 3.88. The van der Waals surface area contributed by atoms with E-state index in [2.05, 4.69) is 20.7 Å². The molecule has 0 bridgehead atoms. The average molecular weight is 294 g/mol. The minimum Gasteiger partial charge on any atom is -0.493 e. The van der Waals surface area contributed by atoms with E-state index in [-0.39, 0.29) is 34.5 Å². The Bertz CT molecular complexity index is 424. The number of ether oxygens (including phenoxy) is 1. The van der Waals surface area contributed by atoms with E-state index in [0.717, 1.165) is 0 Å². The molecule has 0 radical (unpaired) electrons. The van der Waals surface area contributed by atoms with Gasteiger partial charge in [0.1, 0.15) is 0 Å². The van der Waals surface area contributed by atoms with E-state index in [0.29, 0.717) is 0 Å². The Hall–Kier alpha value is -1.01. The monoisotopic (exact) mass is 293 g/mol. The molecule has 0 aromatic heterocycles. The minimum atomic E-state index is -1.18. The molecule has 0 aliphatic carbocycles. The summed E-state index contributed by atoms with van der Waals surface area (Å²) < 4.78 is 31.1. The molecular formula is C10H10BrF2NO2. The molecule has 3 nitrogen and oxygen atoms in total. The van der Waals surface area contributed by atoms with E-state index < -0.39 is 11.6 Å². The van der Waals surface area contributed by atoms with Gasteiger partial charge in [-0.15, -0.1) is 0 Å². The molecule has 6 heteroatoms. The van der Waals surface area contributed by atoms with Crippen LogP contribution in [-0.2, 0) is 0 Å². The third-order valence-corrected chi connectivity index (χ3v) is 2.57. The Balaban J connectivity index is 3.33. The summed E-state index contributed by atoms with van der Waals surface area (Å²) in [6.07, 6.45) is 0.0495. The van der Waals surface area contributed by atoms with Gasteiger partial charge in [0, 0.05) is 6.42 Å². The lowest BCUT2D eigenvalue weighted by Gasteiger charge is -2.10. The molecule has 2 N–H and O–H groups in total. The number of ketones is 1. The first-order chi connectivity index (χ1) is 7.52. The van der Waals surface area contributed by atoms with Crippen molar-refractivity contribution in [2.45, 2.75) is 6.42 Å². The highest BCUT2D eigenvalue weighted by molar-refractivity contribution is 9.10. The smallest absolute Gasteiger partial charge is 0.202 e. The maximum absolute atomic E-state index is 13.4. The normalized spacial score (nSPS) is 10.3. The van der Waals surface area contributed by atoms with Gasteiger partial charge in [0.2, 0.25) is 5.82 Å². The number of carbonyl (C=O) groups is 1. The molecular weight excluding hydrogens is 284 g/mol. The first-order valence-corrected chi connectivity index (χ1v) is 5.27. The van der Waals surface area contributed by atoms with Gasteiger partial charge >= 0.3 is 0 Å². The zero-order valence-electron chi connectivity index (χ0n) is 8.52. The Morgan fingerprint density at radius 2 is 2.12 bits per heavy atom. The molecule has 1 aromatic carbocycles. The van der Waals surface area contributed by atoms with Gasteiger partial charge in [-0.3, -0.25) is 4.79 Å². The average Bonchev–Trinajstić information content (AvgIpc) is 2.26. The lowest BCUT2D eigenvalue weighted by Crippen LogP contribution is -2.11. The third kappa shape index (κ3) is 2.38. The van der Waals surface area contributed by atoms with Crippen LogP contribution in [0.4, 0.5) is 8.78 Å². The van der Waals surface area contributed by atoms with Crippen LogP contribution in [0.5, 0.6) is 5.75 Å². The van der Waals surface area contributed by atoms with Gasteiger partial charge in [-0.05, 0) is 28.5 Å². The molecule has 88 valence electrons. The fraction of sp³-hybridized carbons (Fsp3) is 0.300. The van der Waals surface area contributed by atoms with E-state index in [4.69, 9.17) is 5.73 Å². The molecule has 0 saturated carbocycles. The van der Waals surface area contributed by atoms with Crippen LogP contribution in [-0.4, -0.2) is 19.4 Å². The molecule has 16 heavy (non-hydrogen) atoms. The number of benzene rings is 1. The molecule has 0 amide bonds. The first-order valence-electron chi connectivity index (χ1n) is 4.47. The van der Waals surface area contributed by atoms with Gasteiger partial charge in [-0.1, -0.05) is 0 Å². The zero-order chi connectivity index (χ0) is 12.3. The van der Waals surface area contributed by atoms with Crippen LogP contribution in [0.25, 0.3) is 0 Å². The van der Waals surface area contributed by atoms with E-state index in [9.17, 15) is 13.6 Å². The summed E-state index contributed by atoms with van der Waals surface area (Å²) in [5.41, 5.74) is 5.21. The molecule has 0 fully saturated rings. The molecule has 0 spiro atoms. The van der Waals surface area contributed by atoms with Gasteiger partial charge in [0.05, 0.1) is 17.1 Å². The van der Waals surface area contributed by atoms with Crippen molar-refractivity contribution in [1.29, 1.82) is 0 Å².